The molecule has 17 heavy (non-hydrogen) atoms. The van der Waals surface area contributed by atoms with Crippen LogP contribution in [0.2, 0.25) is 0 Å². The fourth-order valence-electron chi connectivity index (χ4n) is 3.28. The Morgan fingerprint density at radius 2 is 2.41 bits per heavy atom. The minimum absolute atomic E-state index is 0.0870. The smallest absolute Gasteiger partial charge is 0.0951 e. The first kappa shape index (κ1) is 12.7. The van der Waals surface area contributed by atoms with Gasteiger partial charge in [-0.2, -0.15) is 0 Å². The molecule has 1 fully saturated rings. The summed E-state index contributed by atoms with van der Waals surface area (Å²) in [6.07, 6.45) is 8.33. The van der Waals surface area contributed by atoms with E-state index < -0.39 is 0 Å². The van der Waals surface area contributed by atoms with E-state index in [9.17, 15) is 0 Å². The summed E-state index contributed by atoms with van der Waals surface area (Å²) in [7, 11) is 3.83. The van der Waals surface area contributed by atoms with E-state index in [0.717, 1.165) is 18.8 Å². The maximum Gasteiger partial charge on any atom is 0.0951 e. The molecular weight excluding hydrogens is 214 g/mol. The van der Waals surface area contributed by atoms with Gasteiger partial charge in [0, 0.05) is 12.7 Å². The highest BCUT2D eigenvalue weighted by Gasteiger charge is 2.42. The van der Waals surface area contributed by atoms with Gasteiger partial charge in [-0.05, 0) is 31.9 Å². The quantitative estimate of drug-likeness (QED) is 0.873. The predicted molar refractivity (Wildman–Crippen MR) is 67.9 cm³/mol. The zero-order valence-corrected chi connectivity index (χ0v) is 11.0. The summed E-state index contributed by atoms with van der Waals surface area (Å²) in [5, 5.41) is 3.40. The largest absolute Gasteiger partial charge is 0.472 e. The van der Waals surface area contributed by atoms with Crippen molar-refractivity contribution in [2.24, 2.45) is 5.92 Å². The van der Waals surface area contributed by atoms with Gasteiger partial charge in [0.1, 0.15) is 0 Å². The average molecular weight is 237 g/mol. The van der Waals surface area contributed by atoms with Crippen LogP contribution < -0.4 is 5.32 Å². The second-order valence-corrected chi connectivity index (χ2v) is 5.25. The van der Waals surface area contributed by atoms with E-state index in [1.54, 1.807) is 6.26 Å². The molecule has 0 saturated heterocycles. The highest BCUT2D eigenvalue weighted by Crippen LogP contribution is 2.43. The van der Waals surface area contributed by atoms with Crippen molar-refractivity contribution in [2.75, 3.05) is 14.2 Å². The molecule has 1 aromatic rings. The Kier molecular flexibility index (Phi) is 3.89. The Balaban J connectivity index is 2.25. The number of ether oxygens (including phenoxy) is 1. The maximum atomic E-state index is 5.92. The molecule has 3 nitrogen and oxygen atoms in total. The lowest BCUT2D eigenvalue weighted by atomic mass is 9.73. The molecule has 0 radical (unpaired) electrons. The van der Waals surface area contributed by atoms with Crippen LogP contribution in [-0.4, -0.2) is 19.8 Å². The van der Waals surface area contributed by atoms with Gasteiger partial charge in [-0.3, -0.25) is 0 Å². The summed E-state index contributed by atoms with van der Waals surface area (Å²) in [4.78, 5) is 0. The van der Waals surface area contributed by atoms with Crippen LogP contribution in [0.3, 0.4) is 0 Å². The molecule has 1 heterocycles. The minimum Gasteiger partial charge on any atom is -0.472 e. The van der Waals surface area contributed by atoms with Crippen LogP contribution in [0.4, 0.5) is 0 Å². The number of furan rings is 1. The Labute approximate surface area is 104 Å². The number of methoxy groups -OCH3 is 1. The first-order valence-corrected chi connectivity index (χ1v) is 6.46. The molecule has 0 aliphatic heterocycles. The van der Waals surface area contributed by atoms with Crippen molar-refractivity contribution < 1.29 is 9.15 Å². The average Bonchev–Trinajstić information content (AvgIpc) is 2.83. The summed E-state index contributed by atoms with van der Waals surface area (Å²) in [6.45, 7) is 2.31. The SMILES string of the molecule is CNC(c1ccoc1)C1(OC)CCCC(C)C1. The zero-order valence-electron chi connectivity index (χ0n) is 11.0. The lowest BCUT2D eigenvalue weighted by molar-refractivity contribution is -0.0791. The van der Waals surface area contributed by atoms with Gasteiger partial charge in [0.15, 0.2) is 0 Å². The van der Waals surface area contributed by atoms with Gasteiger partial charge in [-0.25, -0.2) is 0 Å². The Morgan fingerprint density at radius 3 is 2.94 bits per heavy atom. The normalized spacial score (nSPS) is 31.4. The van der Waals surface area contributed by atoms with Crippen molar-refractivity contribution in [2.45, 2.75) is 44.2 Å². The third-order valence-electron chi connectivity index (χ3n) is 4.09. The molecule has 3 atom stereocenters. The fourth-order valence-corrected chi connectivity index (χ4v) is 3.28. The Bertz CT molecular complexity index is 336. The second kappa shape index (κ2) is 5.23. The standard InChI is InChI=1S/C14H23NO2/c1-11-5-4-7-14(9-11,16-3)13(15-2)12-6-8-17-10-12/h6,8,10-11,13,15H,4-5,7,9H2,1-3H3. The minimum atomic E-state index is -0.0870. The van der Waals surface area contributed by atoms with E-state index >= 15 is 0 Å². The van der Waals surface area contributed by atoms with Gasteiger partial charge < -0.3 is 14.5 Å². The molecule has 1 aliphatic carbocycles. The van der Waals surface area contributed by atoms with Gasteiger partial charge in [0.2, 0.25) is 0 Å². The monoisotopic (exact) mass is 237 g/mol. The molecule has 1 saturated carbocycles. The first-order chi connectivity index (χ1) is 8.22. The third kappa shape index (κ3) is 2.40. The summed E-state index contributed by atoms with van der Waals surface area (Å²) >= 11 is 0. The number of hydrogen-bond acceptors (Lipinski definition) is 3. The second-order valence-electron chi connectivity index (χ2n) is 5.25. The molecule has 1 aliphatic rings. The molecule has 0 spiro atoms. The van der Waals surface area contributed by atoms with Gasteiger partial charge in [-0.1, -0.05) is 19.8 Å². The van der Waals surface area contributed by atoms with Crippen LogP contribution >= 0.6 is 0 Å². The fraction of sp³-hybridized carbons (Fsp3) is 0.714. The van der Waals surface area contributed by atoms with Crippen molar-refractivity contribution in [3.05, 3.63) is 24.2 Å². The van der Waals surface area contributed by atoms with Crippen LogP contribution in [0.25, 0.3) is 0 Å². The van der Waals surface area contributed by atoms with Crippen molar-refractivity contribution in [1.29, 1.82) is 0 Å². The van der Waals surface area contributed by atoms with Crippen molar-refractivity contribution in [3.8, 4) is 0 Å². The zero-order chi connectivity index (χ0) is 12.3. The van der Waals surface area contributed by atoms with Gasteiger partial charge in [-0.15, -0.1) is 0 Å². The van der Waals surface area contributed by atoms with E-state index in [1.807, 2.05) is 26.5 Å². The third-order valence-corrected chi connectivity index (χ3v) is 4.09. The Hall–Kier alpha value is -0.800. The molecule has 0 amide bonds. The molecule has 1 aromatic heterocycles. The van der Waals surface area contributed by atoms with Crippen molar-refractivity contribution >= 4 is 0 Å². The summed E-state index contributed by atoms with van der Waals surface area (Å²) in [5.41, 5.74) is 1.10. The highest BCUT2D eigenvalue weighted by molar-refractivity contribution is 5.17. The molecule has 1 N–H and O–H groups in total. The molecule has 2 rings (SSSR count). The van der Waals surface area contributed by atoms with Crippen LogP contribution in [-0.2, 0) is 4.74 Å². The number of rotatable bonds is 4. The van der Waals surface area contributed by atoms with Crippen LogP contribution in [0.1, 0.15) is 44.2 Å². The number of likely N-dealkylation sites (N-methyl/N-ethyl adjacent to an activating group) is 1. The molecule has 96 valence electrons. The van der Waals surface area contributed by atoms with E-state index in [-0.39, 0.29) is 11.6 Å². The van der Waals surface area contributed by atoms with Crippen molar-refractivity contribution in [1.82, 2.24) is 5.32 Å². The summed E-state index contributed by atoms with van der Waals surface area (Å²) < 4.78 is 11.1. The highest BCUT2D eigenvalue weighted by atomic mass is 16.5. The molecule has 0 aromatic carbocycles. The summed E-state index contributed by atoms with van der Waals surface area (Å²) in [6, 6.07) is 2.25. The predicted octanol–water partition coefficient (Wildman–Crippen LogP) is 3.14. The Morgan fingerprint density at radius 1 is 1.59 bits per heavy atom. The van der Waals surface area contributed by atoms with E-state index in [2.05, 4.69) is 12.2 Å². The maximum absolute atomic E-state index is 5.92. The van der Waals surface area contributed by atoms with Crippen LogP contribution in [0, 0.1) is 5.92 Å². The van der Waals surface area contributed by atoms with Crippen LogP contribution in [0.5, 0.6) is 0 Å². The van der Waals surface area contributed by atoms with E-state index in [4.69, 9.17) is 9.15 Å². The number of nitrogens with one attached hydrogen (secondary N) is 1. The molecule has 3 unspecified atom stereocenters. The molecule has 0 bridgehead atoms. The van der Waals surface area contributed by atoms with E-state index in [1.165, 1.54) is 18.4 Å². The first-order valence-electron chi connectivity index (χ1n) is 6.46. The van der Waals surface area contributed by atoms with Gasteiger partial charge in [0.05, 0.1) is 24.2 Å². The van der Waals surface area contributed by atoms with E-state index in [0.29, 0.717) is 0 Å². The summed E-state index contributed by atoms with van der Waals surface area (Å²) in [5.74, 6) is 0.728. The van der Waals surface area contributed by atoms with Crippen LogP contribution in [0.15, 0.2) is 23.0 Å². The molecule has 3 heteroatoms. The van der Waals surface area contributed by atoms with Crippen molar-refractivity contribution in [3.63, 3.8) is 0 Å². The number of hydrogen-bond donors (Lipinski definition) is 1. The topological polar surface area (TPSA) is 34.4 Å². The molecular formula is C14H23NO2. The lowest BCUT2D eigenvalue weighted by Crippen LogP contribution is -2.47. The van der Waals surface area contributed by atoms with Gasteiger partial charge >= 0.3 is 0 Å². The van der Waals surface area contributed by atoms with Gasteiger partial charge in [0.25, 0.3) is 0 Å². The lowest BCUT2D eigenvalue weighted by Gasteiger charge is -2.44.